The van der Waals surface area contributed by atoms with Gasteiger partial charge in [-0.1, -0.05) is 30.3 Å². The molecule has 0 radical (unpaired) electrons. The minimum Gasteiger partial charge on any atom is -0.317 e. The molecule has 2 heterocycles. The highest BCUT2D eigenvalue weighted by Crippen LogP contribution is 2.23. The molecule has 1 amide bonds. The normalized spacial score (nSPS) is 15.7. The number of piperidine rings is 1. The van der Waals surface area contributed by atoms with Crippen molar-refractivity contribution in [2.24, 2.45) is 7.05 Å². The van der Waals surface area contributed by atoms with Crippen molar-refractivity contribution in [1.29, 1.82) is 0 Å². The number of nitrogens with zero attached hydrogens (tertiary/aromatic N) is 3. The molecule has 6 heteroatoms. The summed E-state index contributed by atoms with van der Waals surface area (Å²) in [5.41, 5.74) is 0.987. The predicted molar refractivity (Wildman–Crippen MR) is 84.6 cm³/mol. The largest absolute Gasteiger partial charge is 0.317 e. The number of carbonyl (C=O) groups is 1. The van der Waals surface area contributed by atoms with Crippen molar-refractivity contribution in [2.75, 3.05) is 18.4 Å². The van der Waals surface area contributed by atoms with Gasteiger partial charge in [0.2, 0.25) is 11.9 Å². The number of rotatable bonds is 4. The number of hydrogen-bond donors (Lipinski definition) is 2. The molecule has 0 atom stereocenters. The molecule has 2 aromatic rings. The van der Waals surface area contributed by atoms with Crippen LogP contribution >= 0.6 is 0 Å². The van der Waals surface area contributed by atoms with E-state index in [0.717, 1.165) is 37.3 Å². The minimum atomic E-state index is -0.0708. The molecule has 1 fully saturated rings. The molecule has 6 nitrogen and oxygen atoms in total. The fourth-order valence-corrected chi connectivity index (χ4v) is 2.72. The molecule has 2 N–H and O–H groups in total. The first-order valence-corrected chi connectivity index (χ1v) is 7.68. The molecule has 1 aliphatic heterocycles. The van der Waals surface area contributed by atoms with E-state index >= 15 is 0 Å². The fraction of sp³-hybridized carbons (Fsp3) is 0.438. The summed E-state index contributed by atoms with van der Waals surface area (Å²) in [5.74, 6) is 1.67. The molecule has 1 saturated heterocycles. The van der Waals surface area contributed by atoms with Crippen molar-refractivity contribution in [1.82, 2.24) is 20.1 Å². The highest BCUT2D eigenvalue weighted by Gasteiger charge is 2.21. The number of hydrogen-bond acceptors (Lipinski definition) is 4. The third kappa shape index (κ3) is 3.51. The van der Waals surface area contributed by atoms with E-state index in [1.54, 1.807) is 4.68 Å². The molecule has 1 aliphatic rings. The van der Waals surface area contributed by atoms with Crippen molar-refractivity contribution >= 4 is 11.9 Å². The second kappa shape index (κ2) is 6.70. The number of amides is 1. The maximum Gasteiger partial charge on any atom is 0.231 e. The summed E-state index contributed by atoms with van der Waals surface area (Å²) in [6, 6.07) is 9.68. The van der Waals surface area contributed by atoms with Gasteiger partial charge >= 0.3 is 0 Å². The van der Waals surface area contributed by atoms with Crippen LogP contribution in [0.3, 0.4) is 0 Å². The molecule has 0 spiro atoms. The standard InChI is InChI=1S/C16H21N5O/c1-21-16(18-14(22)11-12-5-3-2-4-6-12)19-15(20-21)13-7-9-17-10-8-13/h2-6,13,17H,7-11H2,1H3,(H,18,19,20,22). The molecule has 3 rings (SSSR count). The van der Waals surface area contributed by atoms with Gasteiger partial charge in [0.25, 0.3) is 0 Å². The van der Waals surface area contributed by atoms with Crippen LogP contribution < -0.4 is 10.6 Å². The van der Waals surface area contributed by atoms with Gasteiger partial charge in [-0.2, -0.15) is 10.1 Å². The van der Waals surface area contributed by atoms with Crippen LogP contribution in [-0.2, 0) is 18.3 Å². The second-order valence-electron chi connectivity index (χ2n) is 5.65. The van der Waals surface area contributed by atoms with Crippen LogP contribution in [0.2, 0.25) is 0 Å². The van der Waals surface area contributed by atoms with Gasteiger partial charge in [0.1, 0.15) is 0 Å². The van der Waals surface area contributed by atoms with E-state index in [0.29, 0.717) is 18.3 Å². The van der Waals surface area contributed by atoms with Gasteiger partial charge in [-0.15, -0.1) is 0 Å². The van der Waals surface area contributed by atoms with Crippen LogP contribution in [0.25, 0.3) is 0 Å². The van der Waals surface area contributed by atoms with Gasteiger partial charge in [0, 0.05) is 13.0 Å². The van der Waals surface area contributed by atoms with E-state index in [1.807, 2.05) is 37.4 Å². The first-order chi connectivity index (χ1) is 10.7. The number of benzene rings is 1. The van der Waals surface area contributed by atoms with E-state index in [2.05, 4.69) is 20.7 Å². The zero-order chi connectivity index (χ0) is 15.4. The number of carbonyl (C=O) groups excluding carboxylic acids is 1. The van der Waals surface area contributed by atoms with Crippen molar-refractivity contribution in [3.05, 3.63) is 41.7 Å². The number of anilines is 1. The van der Waals surface area contributed by atoms with E-state index in [-0.39, 0.29) is 5.91 Å². The van der Waals surface area contributed by atoms with E-state index in [1.165, 1.54) is 0 Å². The van der Waals surface area contributed by atoms with Gasteiger partial charge in [-0.05, 0) is 31.5 Å². The summed E-state index contributed by atoms with van der Waals surface area (Å²) in [4.78, 5) is 16.6. The highest BCUT2D eigenvalue weighted by molar-refractivity contribution is 5.90. The monoisotopic (exact) mass is 299 g/mol. The summed E-state index contributed by atoms with van der Waals surface area (Å²) < 4.78 is 1.65. The molecular weight excluding hydrogens is 278 g/mol. The lowest BCUT2D eigenvalue weighted by atomic mass is 9.98. The van der Waals surface area contributed by atoms with Gasteiger partial charge < -0.3 is 5.32 Å². The average Bonchev–Trinajstić information content (AvgIpc) is 2.90. The van der Waals surface area contributed by atoms with Crippen LogP contribution in [0.15, 0.2) is 30.3 Å². The zero-order valence-electron chi connectivity index (χ0n) is 12.7. The second-order valence-corrected chi connectivity index (χ2v) is 5.65. The minimum absolute atomic E-state index is 0.0708. The number of nitrogens with one attached hydrogen (secondary N) is 2. The summed E-state index contributed by atoms with van der Waals surface area (Å²) in [6.07, 6.45) is 2.43. The molecule has 0 saturated carbocycles. The van der Waals surface area contributed by atoms with E-state index < -0.39 is 0 Å². The predicted octanol–water partition coefficient (Wildman–Crippen LogP) is 1.46. The SMILES string of the molecule is Cn1nc(C2CCNCC2)nc1NC(=O)Cc1ccccc1. The Bertz CT molecular complexity index is 631. The lowest BCUT2D eigenvalue weighted by molar-refractivity contribution is -0.115. The molecule has 0 unspecified atom stereocenters. The summed E-state index contributed by atoms with van der Waals surface area (Å²) in [5, 5.41) is 10.6. The maximum absolute atomic E-state index is 12.1. The molecular formula is C16H21N5O. The van der Waals surface area contributed by atoms with Crippen LogP contribution in [0.4, 0.5) is 5.95 Å². The summed E-state index contributed by atoms with van der Waals surface area (Å²) in [6.45, 7) is 2.00. The van der Waals surface area contributed by atoms with Crippen molar-refractivity contribution < 1.29 is 4.79 Å². The van der Waals surface area contributed by atoms with Crippen molar-refractivity contribution in [3.8, 4) is 0 Å². The molecule has 1 aromatic carbocycles. The fourth-order valence-electron chi connectivity index (χ4n) is 2.72. The Morgan fingerprint density at radius 2 is 2.05 bits per heavy atom. The molecule has 0 aliphatic carbocycles. The van der Waals surface area contributed by atoms with Crippen LogP contribution in [-0.4, -0.2) is 33.8 Å². The van der Waals surface area contributed by atoms with Gasteiger partial charge in [-0.25, -0.2) is 4.68 Å². The van der Waals surface area contributed by atoms with E-state index in [9.17, 15) is 4.79 Å². The Kier molecular flexibility index (Phi) is 4.48. The van der Waals surface area contributed by atoms with Gasteiger partial charge in [0.05, 0.1) is 6.42 Å². The Morgan fingerprint density at radius 3 is 2.77 bits per heavy atom. The van der Waals surface area contributed by atoms with E-state index in [4.69, 9.17) is 0 Å². The van der Waals surface area contributed by atoms with Crippen molar-refractivity contribution in [2.45, 2.75) is 25.2 Å². The Labute approximate surface area is 129 Å². The lowest BCUT2D eigenvalue weighted by Gasteiger charge is -2.19. The Balaban J connectivity index is 1.64. The van der Waals surface area contributed by atoms with Gasteiger partial charge in [0.15, 0.2) is 5.82 Å². The molecule has 0 bridgehead atoms. The van der Waals surface area contributed by atoms with Crippen molar-refractivity contribution in [3.63, 3.8) is 0 Å². The first-order valence-electron chi connectivity index (χ1n) is 7.68. The zero-order valence-corrected chi connectivity index (χ0v) is 12.7. The molecule has 116 valence electrons. The average molecular weight is 299 g/mol. The van der Waals surface area contributed by atoms with Crippen LogP contribution in [0.1, 0.15) is 30.1 Å². The first kappa shape index (κ1) is 14.7. The van der Waals surface area contributed by atoms with Gasteiger partial charge in [-0.3, -0.25) is 10.1 Å². The smallest absolute Gasteiger partial charge is 0.231 e. The highest BCUT2D eigenvalue weighted by atomic mass is 16.1. The summed E-state index contributed by atoms with van der Waals surface area (Å²) >= 11 is 0. The quantitative estimate of drug-likeness (QED) is 0.896. The third-order valence-corrected chi connectivity index (χ3v) is 3.94. The topological polar surface area (TPSA) is 71.8 Å². The maximum atomic E-state index is 12.1. The summed E-state index contributed by atoms with van der Waals surface area (Å²) in [7, 11) is 1.82. The molecule has 22 heavy (non-hydrogen) atoms. The number of aryl methyl sites for hydroxylation is 1. The Hall–Kier alpha value is -2.21. The third-order valence-electron chi connectivity index (χ3n) is 3.94. The lowest BCUT2D eigenvalue weighted by Crippen LogP contribution is -2.27. The number of aromatic nitrogens is 3. The van der Waals surface area contributed by atoms with Crippen LogP contribution in [0.5, 0.6) is 0 Å². The molecule has 1 aromatic heterocycles. The Morgan fingerprint density at radius 1 is 1.32 bits per heavy atom. The van der Waals surface area contributed by atoms with Crippen LogP contribution in [0, 0.1) is 0 Å².